The Morgan fingerprint density at radius 2 is 2.14 bits per heavy atom. The number of ether oxygens (including phenoxy) is 1. The summed E-state index contributed by atoms with van der Waals surface area (Å²) < 4.78 is 4.48. The molecule has 1 aliphatic rings. The van der Waals surface area contributed by atoms with Crippen LogP contribution < -0.4 is 4.74 Å². The summed E-state index contributed by atoms with van der Waals surface area (Å²) in [6.45, 7) is 0. The van der Waals surface area contributed by atoms with E-state index in [1.54, 1.807) is 19.2 Å². The molecule has 0 aromatic heterocycles. The van der Waals surface area contributed by atoms with Crippen molar-refractivity contribution in [3.05, 3.63) is 29.3 Å². The zero-order valence-corrected chi connectivity index (χ0v) is 10.7. The van der Waals surface area contributed by atoms with Crippen LogP contribution in [0.15, 0.2) is 18.2 Å². The van der Waals surface area contributed by atoms with Crippen molar-refractivity contribution >= 4 is 37.6 Å². The molecule has 2 rings (SSSR count). The van der Waals surface area contributed by atoms with Gasteiger partial charge in [0.2, 0.25) is 0 Å². The number of ketones is 1. The molecular weight excluding hydrogens is 312 g/mol. The maximum absolute atomic E-state index is 11.8. The lowest BCUT2D eigenvalue weighted by Crippen LogP contribution is -2.19. The van der Waals surface area contributed by atoms with E-state index in [1.807, 2.05) is 6.07 Å². The van der Waals surface area contributed by atoms with Crippen molar-refractivity contribution in [1.82, 2.24) is 0 Å². The maximum atomic E-state index is 11.8. The second kappa shape index (κ2) is 3.35. The highest BCUT2D eigenvalue weighted by molar-refractivity contribution is 9.26. The molecule has 74 valence electrons. The fraction of sp³-hybridized carbons (Fsp3) is 0.300. The van der Waals surface area contributed by atoms with Gasteiger partial charge >= 0.3 is 0 Å². The topological polar surface area (TPSA) is 26.3 Å². The molecular formula is C10H8Br2O2. The first-order valence-electron chi connectivity index (χ1n) is 4.14. The third-order valence-corrected chi connectivity index (χ3v) is 3.58. The highest BCUT2D eigenvalue weighted by atomic mass is 79.9. The molecule has 0 N–H and O–H groups in total. The molecule has 1 aliphatic carbocycles. The number of halogens is 2. The molecule has 0 unspecified atom stereocenters. The summed E-state index contributed by atoms with van der Waals surface area (Å²) in [6, 6.07) is 5.51. The van der Waals surface area contributed by atoms with E-state index in [9.17, 15) is 4.79 Å². The maximum Gasteiger partial charge on any atom is 0.190 e. The molecule has 0 fully saturated rings. The highest BCUT2D eigenvalue weighted by Crippen LogP contribution is 2.42. The number of carbonyl (C=O) groups excluding carboxylic acids is 1. The van der Waals surface area contributed by atoms with Gasteiger partial charge in [0.25, 0.3) is 0 Å². The summed E-state index contributed by atoms with van der Waals surface area (Å²) in [6.07, 6.45) is 0.651. The van der Waals surface area contributed by atoms with Crippen LogP contribution in [0.4, 0.5) is 0 Å². The minimum Gasteiger partial charge on any atom is -0.497 e. The van der Waals surface area contributed by atoms with Crippen LogP contribution in [0.25, 0.3) is 0 Å². The van der Waals surface area contributed by atoms with Crippen molar-refractivity contribution in [3.63, 3.8) is 0 Å². The predicted octanol–water partition coefficient (Wildman–Crippen LogP) is 2.92. The van der Waals surface area contributed by atoms with Crippen molar-refractivity contribution in [2.75, 3.05) is 7.11 Å². The van der Waals surface area contributed by atoms with Crippen molar-refractivity contribution in [2.45, 2.75) is 9.65 Å². The van der Waals surface area contributed by atoms with Crippen LogP contribution in [0.1, 0.15) is 15.9 Å². The molecule has 4 heteroatoms. The van der Waals surface area contributed by atoms with Gasteiger partial charge in [-0.1, -0.05) is 31.9 Å². The van der Waals surface area contributed by atoms with Gasteiger partial charge in [0.05, 0.1) is 7.11 Å². The summed E-state index contributed by atoms with van der Waals surface area (Å²) in [5, 5.41) is 0. The van der Waals surface area contributed by atoms with E-state index in [-0.39, 0.29) is 5.78 Å². The Morgan fingerprint density at radius 3 is 2.79 bits per heavy atom. The smallest absolute Gasteiger partial charge is 0.190 e. The lowest BCUT2D eigenvalue weighted by Gasteiger charge is -2.07. The first-order chi connectivity index (χ1) is 6.54. The summed E-state index contributed by atoms with van der Waals surface area (Å²) >= 11 is 6.72. The Kier molecular flexibility index (Phi) is 2.43. The Labute approximate surface area is 98.9 Å². The van der Waals surface area contributed by atoms with Crippen LogP contribution in [0.5, 0.6) is 5.75 Å². The molecule has 0 radical (unpaired) electrons. The van der Waals surface area contributed by atoms with Gasteiger partial charge in [0.15, 0.2) is 5.78 Å². The lowest BCUT2D eigenvalue weighted by atomic mass is 10.1. The highest BCUT2D eigenvalue weighted by Gasteiger charge is 2.41. The lowest BCUT2D eigenvalue weighted by molar-refractivity contribution is 0.0994. The van der Waals surface area contributed by atoms with Crippen molar-refractivity contribution in [2.24, 2.45) is 0 Å². The predicted molar refractivity (Wildman–Crippen MR) is 61.6 cm³/mol. The number of hydrogen-bond donors (Lipinski definition) is 0. The minimum atomic E-state index is -0.616. The van der Waals surface area contributed by atoms with Crippen LogP contribution in [-0.4, -0.2) is 16.1 Å². The van der Waals surface area contributed by atoms with Crippen molar-refractivity contribution in [3.8, 4) is 5.75 Å². The van der Waals surface area contributed by atoms with Crippen LogP contribution in [0.3, 0.4) is 0 Å². The zero-order chi connectivity index (χ0) is 10.3. The second-order valence-corrected chi connectivity index (χ2v) is 7.01. The number of methoxy groups -OCH3 is 1. The van der Waals surface area contributed by atoms with Crippen LogP contribution in [0, 0.1) is 0 Å². The number of carbonyl (C=O) groups is 1. The van der Waals surface area contributed by atoms with E-state index in [1.165, 1.54) is 0 Å². The fourth-order valence-electron chi connectivity index (χ4n) is 1.58. The fourth-order valence-corrected chi connectivity index (χ4v) is 2.61. The molecule has 2 nitrogen and oxygen atoms in total. The first-order valence-corrected chi connectivity index (χ1v) is 5.73. The van der Waals surface area contributed by atoms with E-state index >= 15 is 0 Å². The minimum absolute atomic E-state index is 0.0788. The molecule has 0 atom stereocenters. The summed E-state index contributed by atoms with van der Waals surface area (Å²) in [5.74, 6) is 0.865. The number of benzene rings is 1. The molecule has 0 amide bonds. The molecule has 0 saturated heterocycles. The summed E-state index contributed by atoms with van der Waals surface area (Å²) in [4.78, 5) is 11.8. The largest absolute Gasteiger partial charge is 0.497 e. The molecule has 1 aromatic rings. The van der Waals surface area contributed by atoms with Gasteiger partial charge in [-0.05, 0) is 23.8 Å². The van der Waals surface area contributed by atoms with E-state index in [0.717, 1.165) is 16.9 Å². The van der Waals surface area contributed by atoms with Crippen molar-refractivity contribution in [1.29, 1.82) is 0 Å². The number of fused-ring (bicyclic) bond motifs is 1. The summed E-state index contributed by atoms with van der Waals surface area (Å²) in [7, 11) is 1.62. The third-order valence-electron chi connectivity index (χ3n) is 2.30. The molecule has 14 heavy (non-hydrogen) atoms. The summed E-state index contributed by atoms with van der Waals surface area (Å²) in [5.41, 5.74) is 1.78. The number of hydrogen-bond acceptors (Lipinski definition) is 2. The normalized spacial score (nSPS) is 18.1. The molecule has 0 aliphatic heterocycles. The van der Waals surface area contributed by atoms with Crippen LogP contribution in [-0.2, 0) is 6.42 Å². The van der Waals surface area contributed by atoms with Gasteiger partial charge in [-0.3, -0.25) is 4.79 Å². The Balaban J connectivity index is 2.49. The average molecular weight is 320 g/mol. The van der Waals surface area contributed by atoms with Gasteiger partial charge in [0.1, 0.15) is 8.98 Å². The van der Waals surface area contributed by atoms with E-state index in [4.69, 9.17) is 4.74 Å². The molecule has 0 saturated carbocycles. The number of Topliss-reactive ketones (excluding diaryl/α,β-unsaturated/α-hetero) is 1. The molecule has 0 heterocycles. The van der Waals surface area contributed by atoms with Gasteiger partial charge < -0.3 is 4.74 Å². The van der Waals surface area contributed by atoms with Crippen molar-refractivity contribution < 1.29 is 9.53 Å². The monoisotopic (exact) mass is 318 g/mol. The molecule has 0 spiro atoms. The average Bonchev–Trinajstić information content (AvgIpc) is 2.37. The number of alkyl halides is 2. The Hall–Kier alpha value is -0.350. The standard InChI is InChI=1S/C10H8Br2O2/c1-14-7-2-3-8-6(4-7)5-10(11,12)9(8)13/h2-4H,5H2,1H3. The Bertz CT molecular complexity index is 399. The molecule has 1 aromatic carbocycles. The number of rotatable bonds is 1. The SMILES string of the molecule is COc1ccc2c(c1)CC(Br)(Br)C2=O. The van der Waals surface area contributed by atoms with Gasteiger partial charge in [-0.15, -0.1) is 0 Å². The Morgan fingerprint density at radius 1 is 1.43 bits per heavy atom. The molecule has 0 bridgehead atoms. The van der Waals surface area contributed by atoms with Gasteiger partial charge in [0, 0.05) is 12.0 Å². The zero-order valence-electron chi connectivity index (χ0n) is 7.51. The second-order valence-electron chi connectivity index (χ2n) is 3.23. The van der Waals surface area contributed by atoms with Gasteiger partial charge in [-0.25, -0.2) is 0 Å². The van der Waals surface area contributed by atoms with Crippen LogP contribution >= 0.6 is 31.9 Å². The van der Waals surface area contributed by atoms with E-state index in [2.05, 4.69) is 31.9 Å². The quantitative estimate of drug-likeness (QED) is 0.744. The third kappa shape index (κ3) is 1.50. The van der Waals surface area contributed by atoms with E-state index in [0.29, 0.717) is 6.42 Å². The first kappa shape index (κ1) is 10.2. The van der Waals surface area contributed by atoms with Crippen LogP contribution in [0.2, 0.25) is 0 Å². The van der Waals surface area contributed by atoms with Gasteiger partial charge in [-0.2, -0.15) is 0 Å². The van der Waals surface area contributed by atoms with E-state index < -0.39 is 3.23 Å².